The van der Waals surface area contributed by atoms with Crippen molar-refractivity contribution in [2.45, 2.75) is 33.7 Å². The van der Waals surface area contributed by atoms with Crippen LogP contribution in [0, 0.1) is 5.82 Å². The van der Waals surface area contributed by atoms with E-state index in [2.05, 4.69) is 4.98 Å². The Hall–Kier alpha value is -1.95. The third kappa shape index (κ3) is 3.27. The first-order chi connectivity index (χ1) is 10.5. The van der Waals surface area contributed by atoms with Crippen molar-refractivity contribution >= 4 is 17.2 Å². The van der Waals surface area contributed by atoms with Crippen molar-refractivity contribution < 1.29 is 14.3 Å². The molecule has 4 nitrogen and oxygen atoms in total. The Morgan fingerprint density at radius 1 is 1.41 bits per heavy atom. The first-order valence-corrected chi connectivity index (χ1v) is 8.09. The summed E-state index contributed by atoms with van der Waals surface area (Å²) in [5.41, 5.74) is 1.63. The Balaban J connectivity index is 0.000000847. The molecular formula is C16H19FN2O2S. The van der Waals surface area contributed by atoms with Crippen LogP contribution in [0.1, 0.15) is 31.3 Å². The third-order valence-corrected chi connectivity index (χ3v) is 4.50. The lowest BCUT2D eigenvalue weighted by Gasteiger charge is -2.24. The number of benzene rings is 1. The monoisotopic (exact) mass is 322 g/mol. The van der Waals surface area contributed by atoms with Gasteiger partial charge >= 0.3 is 0 Å². The molecule has 22 heavy (non-hydrogen) atoms. The normalized spacial score (nSPS) is 13.2. The molecule has 0 aliphatic carbocycles. The summed E-state index contributed by atoms with van der Waals surface area (Å²) in [6, 6.07) is 4.25. The number of amides is 1. The Kier molecular flexibility index (Phi) is 5.13. The topological polar surface area (TPSA) is 53.4 Å². The van der Waals surface area contributed by atoms with E-state index >= 15 is 0 Å². The molecule has 1 aliphatic heterocycles. The minimum atomic E-state index is -0.652. The fourth-order valence-electron chi connectivity index (χ4n) is 2.23. The summed E-state index contributed by atoms with van der Waals surface area (Å²) in [7, 11) is 0. The molecule has 0 radical (unpaired) electrons. The molecule has 118 valence electrons. The van der Waals surface area contributed by atoms with Crippen molar-refractivity contribution in [2.24, 2.45) is 0 Å². The van der Waals surface area contributed by atoms with Gasteiger partial charge in [0, 0.05) is 30.3 Å². The van der Waals surface area contributed by atoms with Gasteiger partial charge in [-0.1, -0.05) is 13.8 Å². The molecule has 2 heterocycles. The zero-order chi connectivity index (χ0) is 16.3. The van der Waals surface area contributed by atoms with Crippen molar-refractivity contribution in [1.82, 2.24) is 9.88 Å². The van der Waals surface area contributed by atoms with Gasteiger partial charge in [0.15, 0.2) is 11.6 Å². The number of aromatic nitrogens is 1. The smallest absolute Gasteiger partial charge is 0.219 e. The average molecular weight is 322 g/mol. The molecule has 0 bridgehead atoms. The number of rotatable bonds is 1. The fourth-order valence-corrected chi connectivity index (χ4v) is 3.35. The van der Waals surface area contributed by atoms with Crippen LogP contribution in [-0.4, -0.2) is 27.4 Å². The van der Waals surface area contributed by atoms with E-state index in [1.54, 1.807) is 17.9 Å². The molecule has 1 aromatic heterocycles. The van der Waals surface area contributed by atoms with Crippen molar-refractivity contribution in [3.63, 3.8) is 0 Å². The van der Waals surface area contributed by atoms with Crippen molar-refractivity contribution in [3.05, 3.63) is 34.6 Å². The van der Waals surface area contributed by atoms with Gasteiger partial charge in [0.05, 0.1) is 12.2 Å². The van der Waals surface area contributed by atoms with E-state index in [4.69, 9.17) is 0 Å². The first kappa shape index (κ1) is 16.4. The van der Waals surface area contributed by atoms with Crippen LogP contribution in [-0.2, 0) is 17.8 Å². The number of aromatic hydroxyl groups is 1. The first-order valence-electron chi connectivity index (χ1n) is 7.27. The number of hydrogen-bond acceptors (Lipinski definition) is 4. The summed E-state index contributed by atoms with van der Waals surface area (Å²) in [5.74, 6) is -0.958. The Morgan fingerprint density at radius 3 is 2.77 bits per heavy atom. The standard InChI is InChI=1S/C14H13FN2O2S.C2H6/c1-8(18)17-5-4-11-13(7-17)20-14(16-11)9-2-3-12(19)10(15)6-9;1-2/h2-3,6,19H,4-5,7H2,1H3;1-2H3. The summed E-state index contributed by atoms with van der Waals surface area (Å²) >= 11 is 1.47. The van der Waals surface area contributed by atoms with Crippen LogP contribution in [0.3, 0.4) is 0 Å². The van der Waals surface area contributed by atoms with E-state index in [9.17, 15) is 14.3 Å². The lowest BCUT2D eigenvalue weighted by molar-refractivity contribution is -0.129. The number of fused-ring (bicyclic) bond motifs is 1. The number of halogens is 1. The van der Waals surface area contributed by atoms with E-state index < -0.39 is 5.82 Å². The molecule has 0 unspecified atom stereocenters. The summed E-state index contributed by atoms with van der Waals surface area (Å²) in [6.07, 6.45) is 0.728. The van der Waals surface area contributed by atoms with Gasteiger partial charge in [0.1, 0.15) is 5.01 Å². The Morgan fingerprint density at radius 2 is 2.14 bits per heavy atom. The molecule has 1 aliphatic rings. The van der Waals surface area contributed by atoms with Gasteiger partial charge in [-0.15, -0.1) is 11.3 Å². The maximum atomic E-state index is 13.4. The van der Waals surface area contributed by atoms with Gasteiger partial charge in [-0.3, -0.25) is 4.79 Å². The number of phenols is 1. The molecule has 3 rings (SSSR count). The maximum absolute atomic E-state index is 13.4. The number of hydrogen-bond donors (Lipinski definition) is 1. The highest BCUT2D eigenvalue weighted by Crippen LogP contribution is 2.33. The average Bonchev–Trinajstić information content (AvgIpc) is 2.95. The predicted octanol–water partition coefficient (Wildman–Crippen LogP) is 3.59. The largest absolute Gasteiger partial charge is 0.505 e. The minimum Gasteiger partial charge on any atom is -0.505 e. The highest BCUT2D eigenvalue weighted by molar-refractivity contribution is 7.15. The molecule has 0 atom stereocenters. The van der Waals surface area contributed by atoms with Gasteiger partial charge in [-0.2, -0.15) is 0 Å². The number of nitrogens with zero attached hydrogens (tertiary/aromatic N) is 2. The van der Waals surface area contributed by atoms with Crippen LogP contribution in [0.4, 0.5) is 4.39 Å². The van der Waals surface area contributed by atoms with Crippen LogP contribution in [0.2, 0.25) is 0 Å². The highest BCUT2D eigenvalue weighted by atomic mass is 32.1. The van der Waals surface area contributed by atoms with Gasteiger partial charge in [0.2, 0.25) is 5.91 Å². The molecule has 1 amide bonds. The fraction of sp³-hybridized carbons (Fsp3) is 0.375. The lowest BCUT2D eigenvalue weighted by Crippen LogP contribution is -2.33. The van der Waals surface area contributed by atoms with Crippen molar-refractivity contribution in [2.75, 3.05) is 6.54 Å². The third-order valence-electron chi connectivity index (χ3n) is 3.37. The van der Waals surface area contributed by atoms with Crippen LogP contribution in [0.15, 0.2) is 18.2 Å². The van der Waals surface area contributed by atoms with Gasteiger partial charge in [-0.05, 0) is 18.2 Å². The quantitative estimate of drug-likeness (QED) is 0.873. The lowest BCUT2D eigenvalue weighted by atomic mass is 10.1. The Labute approximate surface area is 133 Å². The molecule has 0 spiro atoms. The summed E-state index contributed by atoms with van der Waals surface area (Å²) in [4.78, 5) is 18.7. The summed E-state index contributed by atoms with van der Waals surface area (Å²) < 4.78 is 13.4. The molecule has 1 aromatic carbocycles. The second-order valence-corrected chi connectivity index (χ2v) is 5.83. The molecule has 1 N–H and O–H groups in total. The van der Waals surface area contributed by atoms with Crippen LogP contribution >= 0.6 is 11.3 Å². The highest BCUT2D eigenvalue weighted by Gasteiger charge is 2.22. The summed E-state index contributed by atoms with van der Waals surface area (Å²) in [6.45, 7) is 6.81. The Bertz CT molecular complexity index is 685. The van der Waals surface area contributed by atoms with E-state index in [0.29, 0.717) is 18.7 Å². The zero-order valence-corrected chi connectivity index (χ0v) is 13.7. The number of carbonyl (C=O) groups excluding carboxylic acids is 1. The van der Waals surface area contributed by atoms with Crippen molar-refractivity contribution in [1.29, 1.82) is 0 Å². The molecule has 0 fully saturated rings. The number of phenolic OH excluding ortho intramolecular Hbond substituents is 1. The van der Waals surface area contributed by atoms with Gasteiger partial charge in [0.25, 0.3) is 0 Å². The van der Waals surface area contributed by atoms with Gasteiger partial charge < -0.3 is 10.0 Å². The van der Waals surface area contributed by atoms with E-state index in [-0.39, 0.29) is 11.7 Å². The molecular weight excluding hydrogens is 303 g/mol. The molecule has 0 saturated carbocycles. The van der Waals surface area contributed by atoms with Crippen LogP contribution < -0.4 is 0 Å². The van der Waals surface area contributed by atoms with Crippen LogP contribution in [0.5, 0.6) is 5.75 Å². The number of thiazole rings is 1. The molecule has 6 heteroatoms. The number of carbonyl (C=O) groups is 1. The maximum Gasteiger partial charge on any atom is 0.219 e. The summed E-state index contributed by atoms with van der Waals surface area (Å²) in [5, 5.41) is 9.93. The second kappa shape index (κ2) is 6.87. The SMILES string of the molecule is CC.CC(=O)N1CCc2nc(-c3ccc(O)c(F)c3)sc2C1. The zero-order valence-electron chi connectivity index (χ0n) is 12.9. The minimum absolute atomic E-state index is 0.0567. The van der Waals surface area contributed by atoms with Gasteiger partial charge in [-0.25, -0.2) is 9.37 Å². The van der Waals surface area contributed by atoms with E-state index in [0.717, 1.165) is 22.0 Å². The van der Waals surface area contributed by atoms with E-state index in [1.807, 2.05) is 13.8 Å². The van der Waals surface area contributed by atoms with Crippen molar-refractivity contribution in [3.8, 4) is 16.3 Å². The predicted molar refractivity (Wildman–Crippen MR) is 85.3 cm³/mol. The second-order valence-electron chi connectivity index (χ2n) is 4.75. The van der Waals surface area contributed by atoms with Crippen LogP contribution in [0.25, 0.3) is 10.6 Å². The molecule has 2 aromatic rings. The molecule has 0 saturated heterocycles. The van der Waals surface area contributed by atoms with E-state index in [1.165, 1.54) is 23.5 Å².